The second-order valence-electron chi connectivity index (χ2n) is 4.52. The molecular formula is C15H11FN4O2. The van der Waals surface area contributed by atoms with E-state index in [0.29, 0.717) is 16.7 Å². The lowest BCUT2D eigenvalue weighted by molar-refractivity contribution is 0.0958. The molecule has 0 aliphatic rings. The summed E-state index contributed by atoms with van der Waals surface area (Å²) in [7, 11) is 0. The lowest BCUT2D eigenvalue weighted by Crippen LogP contribution is -2.34. The number of fused-ring (bicyclic) bond motifs is 1. The summed E-state index contributed by atoms with van der Waals surface area (Å²) in [5.41, 5.74) is 1.38. The zero-order valence-electron chi connectivity index (χ0n) is 11.3. The summed E-state index contributed by atoms with van der Waals surface area (Å²) in [5, 5.41) is 4.66. The van der Waals surface area contributed by atoms with Gasteiger partial charge in [0.2, 0.25) is 0 Å². The Labute approximate surface area is 124 Å². The van der Waals surface area contributed by atoms with Gasteiger partial charge in [0.05, 0.1) is 11.0 Å². The maximum absolute atomic E-state index is 13.1. The maximum Gasteiger partial charge on any atom is 0.326 e. The van der Waals surface area contributed by atoms with Crippen molar-refractivity contribution >= 4 is 28.7 Å². The fourth-order valence-electron chi connectivity index (χ4n) is 1.94. The number of halogens is 1. The number of imidazole rings is 1. The number of aromatic amines is 1. The molecule has 1 heterocycles. The van der Waals surface area contributed by atoms with Gasteiger partial charge in [-0.1, -0.05) is 18.2 Å². The summed E-state index contributed by atoms with van der Waals surface area (Å²) >= 11 is 0. The van der Waals surface area contributed by atoms with Crippen LogP contribution in [-0.2, 0) is 0 Å². The summed E-state index contributed by atoms with van der Waals surface area (Å²) < 4.78 is 13.1. The number of carbonyl (C=O) groups is 2. The third kappa shape index (κ3) is 2.93. The molecule has 3 rings (SSSR count). The minimum absolute atomic E-state index is 0.0659. The van der Waals surface area contributed by atoms with Crippen molar-refractivity contribution in [2.75, 3.05) is 5.32 Å². The van der Waals surface area contributed by atoms with Crippen LogP contribution in [0.15, 0.2) is 48.5 Å². The number of para-hydroxylation sites is 1. The molecule has 0 bridgehead atoms. The summed E-state index contributed by atoms with van der Waals surface area (Å²) in [5.74, 6) is -1.21. The highest BCUT2D eigenvalue weighted by Gasteiger charge is 2.14. The molecule has 0 aliphatic carbocycles. The van der Waals surface area contributed by atoms with Gasteiger partial charge in [-0.15, -0.1) is 0 Å². The number of nitrogens with zero attached hydrogens (tertiary/aromatic N) is 1. The van der Waals surface area contributed by atoms with Crippen LogP contribution in [-0.4, -0.2) is 21.9 Å². The van der Waals surface area contributed by atoms with Gasteiger partial charge in [0.25, 0.3) is 5.91 Å². The average molecular weight is 298 g/mol. The topological polar surface area (TPSA) is 86.9 Å². The Balaban J connectivity index is 1.71. The van der Waals surface area contributed by atoms with Gasteiger partial charge in [0, 0.05) is 5.69 Å². The molecule has 1 aromatic heterocycles. The number of benzene rings is 2. The summed E-state index contributed by atoms with van der Waals surface area (Å²) in [6.07, 6.45) is 0. The minimum Gasteiger partial charge on any atom is -0.334 e. The van der Waals surface area contributed by atoms with E-state index in [1.807, 2.05) is 6.07 Å². The van der Waals surface area contributed by atoms with Gasteiger partial charge in [-0.25, -0.2) is 14.2 Å². The van der Waals surface area contributed by atoms with Crippen LogP contribution < -0.4 is 10.6 Å². The summed E-state index contributed by atoms with van der Waals surface area (Å²) in [4.78, 5) is 30.3. The second kappa shape index (κ2) is 5.65. The van der Waals surface area contributed by atoms with Crippen LogP contribution in [0.1, 0.15) is 10.6 Å². The predicted octanol–water partition coefficient (Wildman–Crippen LogP) is 2.66. The molecule has 7 heteroatoms. The SMILES string of the molecule is O=C(NC(=O)c1nc2ccc(F)cc2[nH]1)Nc1ccccc1. The van der Waals surface area contributed by atoms with E-state index in [-0.39, 0.29) is 5.82 Å². The van der Waals surface area contributed by atoms with Gasteiger partial charge >= 0.3 is 6.03 Å². The molecule has 0 fully saturated rings. The van der Waals surface area contributed by atoms with Crippen molar-refractivity contribution in [2.24, 2.45) is 0 Å². The summed E-state index contributed by atoms with van der Waals surface area (Å²) in [6, 6.07) is 11.9. The largest absolute Gasteiger partial charge is 0.334 e. The van der Waals surface area contributed by atoms with Crippen LogP contribution in [0.25, 0.3) is 11.0 Å². The van der Waals surface area contributed by atoms with Gasteiger partial charge in [0.1, 0.15) is 5.82 Å². The number of nitrogens with one attached hydrogen (secondary N) is 3. The molecule has 0 spiro atoms. The fourth-order valence-corrected chi connectivity index (χ4v) is 1.94. The zero-order chi connectivity index (χ0) is 15.5. The number of hydrogen-bond donors (Lipinski definition) is 3. The predicted molar refractivity (Wildman–Crippen MR) is 79.0 cm³/mol. The van der Waals surface area contributed by atoms with Gasteiger partial charge in [-0.2, -0.15) is 0 Å². The number of amides is 3. The number of aromatic nitrogens is 2. The quantitative estimate of drug-likeness (QED) is 0.679. The van der Waals surface area contributed by atoms with Crippen LogP contribution in [0, 0.1) is 5.82 Å². The molecule has 0 radical (unpaired) electrons. The molecule has 22 heavy (non-hydrogen) atoms. The van der Waals surface area contributed by atoms with Crippen LogP contribution >= 0.6 is 0 Å². The van der Waals surface area contributed by atoms with E-state index >= 15 is 0 Å². The van der Waals surface area contributed by atoms with Gasteiger partial charge in [-0.3, -0.25) is 10.1 Å². The molecule has 0 unspecified atom stereocenters. The molecular weight excluding hydrogens is 287 g/mol. The Morgan fingerprint density at radius 3 is 2.64 bits per heavy atom. The molecule has 0 saturated heterocycles. The van der Waals surface area contributed by atoms with Crippen molar-refractivity contribution in [2.45, 2.75) is 0 Å². The van der Waals surface area contributed by atoms with Crippen LogP contribution in [0.3, 0.4) is 0 Å². The van der Waals surface area contributed by atoms with E-state index in [1.54, 1.807) is 24.3 Å². The molecule has 110 valence electrons. The number of imide groups is 1. The number of urea groups is 1. The number of carbonyl (C=O) groups excluding carboxylic acids is 2. The Morgan fingerprint density at radius 1 is 1.09 bits per heavy atom. The van der Waals surface area contributed by atoms with Crippen LogP contribution in [0.5, 0.6) is 0 Å². The molecule has 0 aliphatic heterocycles. The smallest absolute Gasteiger partial charge is 0.326 e. The van der Waals surface area contributed by atoms with E-state index < -0.39 is 17.8 Å². The first-order chi connectivity index (χ1) is 10.6. The van der Waals surface area contributed by atoms with E-state index in [4.69, 9.17) is 0 Å². The number of rotatable bonds is 2. The van der Waals surface area contributed by atoms with Crippen molar-refractivity contribution < 1.29 is 14.0 Å². The van der Waals surface area contributed by atoms with Crippen LogP contribution in [0.2, 0.25) is 0 Å². The van der Waals surface area contributed by atoms with Crippen molar-refractivity contribution in [1.82, 2.24) is 15.3 Å². The molecule has 0 atom stereocenters. The maximum atomic E-state index is 13.1. The Kier molecular flexibility index (Phi) is 3.53. The molecule has 3 N–H and O–H groups in total. The molecule has 3 amide bonds. The molecule has 2 aromatic carbocycles. The van der Waals surface area contributed by atoms with Crippen LogP contribution in [0.4, 0.5) is 14.9 Å². The van der Waals surface area contributed by atoms with Crippen molar-refractivity contribution in [3.05, 3.63) is 60.2 Å². The Hall–Kier alpha value is -3.22. The fraction of sp³-hybridized carbons (Fsp3) is 0. The van der Waals surface area contributed by atoms with Gasteiger partial charge in [-0.05, 0) is 30.3 Å². The zero-order valence-corrected chi connectivity index (χ0v) is 11.3. The van der Waals surface area contributed by atoms with Crippen molar-refractivity contribution in [3.63, 3.8) is 0 Å². The third-order valence-corrected chi connectivity index (χ3v) is 2.92. The molecule has 0 saturated carbocycles. The number of H-pyrrole nitrogens is 1. The number of anilines is 1. The standard InChI is InChI=1S/C15H11FN4O2/c16-9-6-7-11-12(8-9)19-13(18-11)14(21)20-15(22)17-10-4-2-1-3-5-10/h1-8H,(H,18,19)(H2,17,20,21,22). The second-order valence-corrected chi connectivity index (χ2v) is 4.52. The van der Waals surface area contributed by atoms with E-state index in [0.717, 1.165) is 0 Å². The normalized spacial score (nSPS) is 10.4. The van der Waals surface area contributed by atoms with E-state index in [1.165, 1.54) is 18.2 Å². The first kappa shape index (κ1) is 13.7. The lowest BCUT2D eigenvalue weighted by atomic mass is 10.3. The average Bonchev–Trinajstić information content (AvgIpc) is 2.91. The monoisotopic (exact) mass is 298 g/mol. The lowest BCUT2D eigenvalue weighted by Gasteiger charge is -2.04. The highest BCUT2D eigenvalue weighted by atomic mass is 19.1. The number of hydrogen-bond acceptors (Lipinski definition) is 3. The Bertz CT molecular complexity index is 845. The first-order valence-corrected chi connectivity index (χ1v) is 6.44. The van der Waals surface area contributed by atoms with E-state index in [9.17, 15) is 14.0 Å². The van der Waals surface area contributed by atoms with Gasteiger partial charge in [0.15, 0.2) is 5.82 Å². The van der Waals surface area contributed by atoms with Gasteiger partial charge < -0.3 is 10.3 Å². The Morgan fingerprint density at radius 2 is 1.86 bits per heavy atom. The van der Waals surface area contributed by atoms with Crippen molar-refractivity contribution in [1.29, 1.82) is 0 Å². The highest BCUT2D eigenvalue weighted by molar-refractivity contribution is 6.07. The highest BCUT2D eigenvalue weighted by Crippen LogP contribution is 2.13. The third-order valence-electron chi connectivity index (χ3n) is 2.92. The first-order valence-electron chi connectivity index (χ1n) is 6.44. The summed E-state index contributed by atoms with van der Waals surface area (Å²) in [6.45, 7) is 0. The van der Waals surface area contributed by atoms with E-state index in [2.05, 4.69) is 20.6 Å². The molecule has 6 nitrogen and oxygen atoms in total. The minimum atomic E-state index is -0.704. The van der Waals surface area contributed by atoms with Crippen molar-refractivity contribution in [3.8, 4) is 0 Å². The molecule has 3 aromatic rings.